The van der Waals surface area contributed by atoms with Crippen molar-refractivity contribution >= 4 is 11.7 Å². The molecule has 1 amide bonds. The van der Waals surface area contributed by atoms with Crippen LogP contribution in [0.1, 0.15) is 35.7 Å². The summed E-state index contributed by atoms with van der Waals surface area (Å²) >= 11 is 0. The number of amides is 1. The Bertz CT molecular complexity index is 485. The van der Waals surface area contributed by atoms with Crippen LogP contribution in [0, 0.1) is 0 Å². The highest BCUT2D eigenvalue weighted by Gasteiger charge is 2.36. The molecule has 102 valence electrons. The second-order valence-corrected chi connectivity index (χ2v) is 4.81. The zero-order valence-corrected chi connectivity index (χ0v) is 11.3. The molecule has 4 heteroatoms. The molecule has 1 fully saturated rings. The Balaban J connectivity index is 2.26. The first kappa shape index (κ1) is 13.7. The number of hydrogen-bond donors (Lipinski definition) is 1. The molecule has 0 aliphatic carbocycles. The molecule has 1 saturated heterocycles. The first-order valence-corrected chi connectivity index (χ1v) is 6.80. The van der Waals surface area contributed by atoms with Gasteiger partial charge in [-0.25, -0.2) is 0 Å². The lowest BCUT2D eigenvalue weighted by atomic mass is 9.96. The number of nitrogens with zero attached hydrogens (tertiary/aromatic N) is 1. The van der Waals surface area contributed by atoms with Crippen molar-refractivity contribution in [3.63, 3.8) is 0 Å². The Morgan fingerprint density at radius 2 is 2.16 bits per heavy atom. The van der Waals surface area contributed by atoms with Crippen LogP contribution in [0.4, 0.5) is 0 Å². The molecular formula is C15H20N2O2. The fraction of sp³-hybridized carbons (Fsp3) is 0.467. The summed E-state index contributed by atoms with van der Waals surface area (Å²) < 4.78 is 0. The zero-order chi connectivity index (χ0) is 13.8. The lowest BCUT2D eigenvalue weighted by molar-refractivity contribution is -0.128. The van der Waals surface area contributed by atoms with Crippen molar-refractivity contribution in [2.24, 2.45) is 5.73 Å². The van der Waals surface area contributed by atoms with Crippen LogP contribution in [-0.4, -0.2) is 35.7 Å². The van der Waals surface area contributed by atoms with Gasteiger partial charge in [0.25, 0.3) is 0 Å². The number of ketones is 1. The minimum atomic E-state index is -0.330. The molecule has 1 aliphatic heterocycles. The molecule has 2 rings (SSSR count). The standard InChI is InChI=1S/C15H20N2O2/c1-2-11-5-3-4-6-12(11)15(19)13-7-8-14(18)17(13)10-9-16/h3-6,13H,2,7-10,16H2,1H3/t13-/m0/s1. The molecule has 0 unspecified atom stereocenters. The number of Topliss-reactive ketones (excluding diaryl/α,β-unsaturated/α-hetero) is 1. The van der Waals surface area contributed by atoms with Crippen LogP contribution in [0.15, 0.2) is 24.3 Å². The third-order valence-corrected chi connectivity index (χ3v) is 3.66. The van der Waals surface area contributed by atoms with Crippen LogP contribution in [0.25, 0.3) is 0 Å². The summed E-state index contributed by atoms with van der Waals surface area (Å²) in [5.41, 5.74) is 7.31. The van der Waals surface area contributed by atoms with Gasteiger partial charge >= 0.3 is 0 Å². The summed E-state index contributed by atoms with van der Waals surface area (Å²) in [5, 5.41) is 0. The van der Waals surface area contributed by atoms with Gasteiger partial charge in [-0.1, -0.05) is 31.2 Å². The summed E-state index contributed by atoms with van der Waals surface area (Å²) in [7, 11) is 0. The molecule has 1 aromatic carbocycles. The lowest BCUT2D eigenvalue weighted by Gasteiger charge is -2.23. The van der Waals surface area contributed by atoms with Crippen molar-refractivity contribution < 1.29 is 9.59 Å². The topological polar surface area (TPSA) is 63.4 Å². The SMILES string of the molecule is CCc1ccccc1C(=O)[C@@H]1CCC(=O)N1CCN. The molecule has 19 heavy (non-hydrogen) atoms. The smallest absolute Gasteiger partial charge is 0.223 e. The molecule has 0 spiro atoms. The average Bonchev–Trinajstić information content (AvgIpc) is 2.80. The number of benzene rings is 1. The molecule has 1 heterocycles. The zero-order valence-electron chi connectivity index (χ0n) is 11.3. The van der Waals surface area contributed by atoms with Gasteiger partial charge in [-0.3, -0.25) is 9.59 Å². The van der Waals surface area contributed by atoms with Crippen molar-refractivity contribution in [1.29, 1.82) is 0 Å². The predicted molar refractivity (Wildman–Crippen MR) is 73.9 cm³/mol. The summed E-state index contributed by atoms with van der Waals surface area (Å²) in [4.78, 5) is 26.0. The van der Waals surface area contributed by atoms with Crippen LogP contribution in [0.2, 0.25) is 0 Å². The van der Waals surface area contributed by atoms with Crippen molar-refractivity contribution in [2.45, 2.75) is 32.2 Å². The maximum atomic E-state index is 12.6. The van der Waals surface area contributed by atoms with E-state index in [4.69, 9.17) is 5.73 Å². The number of nitrogens with two attached hydrogens (primary N) is 1. The van der Waals surface area contributed by atoms with Crippen LogP contribution >= 0.6 is 0 Å². The highest BCUT2D eigenvalue weighted by molar-refractivity contribution is 6.04. The third kappa shape index (κ3) is 2.68. The maximum absolute atomic E-state index is 12.6. The van der Waals surface area contributed by atoms with E-state index in [9.17, 15) is 9.59 Å². The number of aryl methyl sites for hydroxylation is 1. The molecule has 0 radical (unpaired) electrons. The van der Waals surface area contributed by atoms with E-state index in [-0.39, 0.29) is 17.7 Å². The molecule has 2 N–H and O–H groups in total. The number of likely N-dealkylation sites (tertiary alicyclic amines) is 1. The van der Waals surface area contributed by atoms with E-state index >= 15 is 0 Å². The minimum absolute atomic E-state index is 0.0396. The van der Waals surface area contributed by atoms with Gasteiger partial charge in [0, 0.05) is 25.1 Å². The molecule has 1 atom stereocenters. The first-order chi connectivity index (χ1) is 9.19. The van der Waals surface area contributed by atoms with Crippen molar-refractivity contribution in [3.05, 3.63) is 35.4 Å². The summed E-state index contributed by atoms with van der Waals surface area (Å²) in [6.07, 6.45) is 1.87. The summed E-state index contributed by atoms with van der Waals surface area (Å²) in [6, 6.07) is 7.30. The van der Waals surface area contributed by atoms with Gasteiger partial charge in [0.1, 0.15) is 0 Å². The van der Waals surface area contributed by atoms with Crippen molar-refractivity contribution in [1.82, 2.24) is 4.90 Å². The molecule has 4 nitrogen and oxygen atoms in total. The summed E-state index contributed by atoms with van der Waals surface area (Å²) in [6.45, 7) is 2.89. The Hall–Kier alpha value is -1.68. The molecule has 1 aromatic rings. The van der Waals surface area contributed by atoms with Crippen LogP contribution in [0.5, 0.6) is 0 Å². The Labute approximate surface area is 113 Å². The fourth-order valence-electron chi connectivity index (χ4n) is 2.67. The van der Waals surface area contributed by atoms with Gasteiger partial charge in [-0.05, 0) is 18.4 Å². The van der Waals surface area contributed by atoms with E-state index in [2.05, 4.69) is 0 Å². The minimum Gasteiger partial charge on any atom is -0.331 e. The van der Waals surface area contributed by atoms with Crippen molar-refractivity contribution in [2.75, 3.05) is 13.1 Å². The van der Waals surface area contributed by atoms with E-state index < -0.39 is 0 Å². The second kappa shape index (κ2) is 5.97. The Morgan fingerprint density at radius 3 is 2.84 bits per heavy atom. The van der Waals surface area contributed by atoms with Gasteiger partial charge in [0.2, 0.25) is 5.91 Å². The largest absolute Gasteiger partial charge is 0.331 e. The van der Waals surface area contributed by atoms with Gasteiger partial charge in [-0.2, -0.15) is 0 Å². The highest BCUT2D eigenvalue weighted by Crippen LogP contribution is 2.23. The van der Waals surface area contributed by atoms with E-state index in [1.54, 1.807) is 4.90 Å². The quantitative estimate of drug-likeness (QED) is 0.814. The normalized spacial score (nSPS) is 18.9. The molecular weight excluding hydrogens is 240 g/mol. The van der Waals surface area contributed by atoms with E-state index in [1.807, 2.05) is 31.2 Å². The number of hydrogen-bond acceptors (Lipinski definition) is 3. The number of rotatable bonds is 5. The predicted octanol–water partition coefficient (Wildman–Crippen LogP) is 1.38. The third-order valence-electron chi connectivity index (χ3n) is 3.66. The van der Waals surface area contributed by atoms with E-state index in [0.29, 0.717) is 25.9 Å². The molecule has 0 aromatic heterocycles. The highest BCUT2D eigenvalue weighted by atomic mass is 16.2. The van der Waals surface area contributed by atoms with E-state index in [0.717, 1.165) is 17.5 Å². The maximum Gasteiger partial charge on any atom is 0.223 e. The van der Waals surface area contributed by atoms with Crippen LogP contribution < -0.4 is 5.73 Å². The number of carbonyl (C=O) groups excluding carboxylic acids is 2. The fourth-order valence-corrected chi connectivity index (χ4v) is 2.67. The van der Waals surface area contributed by atoms with Gasteiger partial charge in [0.05, 0.1) is 6.04 Å². The van der Waals surface area contributed by atoms with Gasteiger partial charge in [-0.15, -0.1) is 0 Å². The van der Waals surface area contributed by atoms with Crippen molar-refractivity contribution in [3.8, 4) is 0 Å². The average molecular weight is 260 g/mol. The molecule has 1 aliphatic rings. The van der Waals surface area contributed by atoms with Gasteiger partial charge in [0.15, 0.2) is 5.78 Å². The molecule has 0 bridgehead atoms. The molecule has 0 saturated carbocycles. The van der Waals surface area contributed by atoms with E-state index in [1.165, 1.54) is 0 Å². The first-order valence-electron chi connectivity index (χ1n) is 6.80. The second-order valence-electron chi connectivity index (χ2n) is 4.81. The van der Waals surface area contributed by atoms with Crippen LogP contribution in [-0.2, 0) is 11.2 Å². The van der Waals surface area contributed by atoms with Gasteiger partial charge < -0.3 is 10.6 Å². The summed E-state index contributed by atoms with van der Waals surface area (Å²) in [5.74, 6) is 0.0922. The number of carbonyl (C=O) groups is 2. The monoisotopic (exact) mass is 260 g/mol. The lowest BCUT2D eigenvalue weighted by Crippen LogP contribution is -2.41. The Morgan fingerprint density at radius 1 is 1.42 bits per heavy atom. The Kier molecular flexibility index (Phi) is 4.32. The van der Waals surface area contributed by atoms with Crippen LogP contribution in [0.3, 0.4) is 0 Å².